The zero-order valence-electron chi connectivity index (χ0n) is 14.0. The first-order valence-corrected chi connectivity index (χ1v) is 8.18. The lowest BCUT2D eigenvalue weighted by Crippen LogP contribution is -2.32. The fraction of sp³-hybridized carbons (Fsp3) is 0.533. The number of nitrogens with zero attached hydrogens (tertiary/aromatic N) is 3. The van der Waals surface area contributed by atoms with Crippen LogP contribution in [0.5, 0.6) is 0 Å². The van der Waals surface area contributed by atoms with Crippen LogP contribution in [-0.4, -0.2) is 20.7 Å². The fourth-order valence-electron chi connectivity index (χ4n) is 2.23. The number of halogens is 3. The van der Waals surface area contributed by atoms with E-state index in [1.165, 1.54) is 18.4 Å². The van der Waals surface area contributed by atoms with Crippen molar-refractivity contribution in [3.05, 3.63) is 33.0 Å². The molecule has 24 heavy (non-hydrogen) atoms. The molecule has 1 N–H and O–H groups in total. The minimum Gasteiger partial charge on any atom is -0.342 e. The summed E-state index contributed by atoms with van der Waals surface area (Å²) in [5, 5.41) is 6.72. The Bertz CT molecular complexity index is 729. The van der Waals surface area contributed by atoms with Crippen molar-refractivity contribution in [3.8, 4) is 0 Å². The average Bonchev–Trinajstić information content (AvgIpc) is 2.99. The number of thiazole rings is 1. The second kappa shape index (κ2) is 6.54. The maximum Gasteiger partial charge on any atom is 0.435 e. The molecule has 132 valence electrons. The molecule has 0 aliphatic carbocycles. The Balaban J connectivity index is 2.33. The van der Waals surface area contributed by atoms with Crippen molar-refractivity contribution >= 4 is 17.2 Å². The van der Waals surface area contributed by atoms with E-state index in [2.05, 4.69) is 15.4 Å². The Morgan fingerprint density at radius 3 is 2.42 bits per heavy atom. The molecule has 2 aromatic rings. The summed E-state index contributed by atoms with van der Waals surface area (Å²) in [6, 6.07) is -0.462. The largest absolute Gasteiger partial charge is 0.435 e. The highest BCUT2D eigenvalue weighted by Crippen LogP contribution is 2.32. The molecule has 0 fully saturated rings. The summed E-state index contributed by atoms with van der Waals surface area (Å²) in [5.41, 5.74) is -0.815. The highest BCUT2D eigenvalue weighted by atomic mass is 32.1. The summed E-state index contributed by atoms with van der Waals surface area (Å²) in [4.78, 5) is 17.8. The number of aromatic nitrogens is 3. The summed E-state index contributed by atoms with van der Waals surface area (Å²) in [6.07, 6.45) is -3.61. The van der Waals surface area contributed by atoms with E-state index < -0.39 is 29.4 Å². The van der Waals surface area contributed by atoms with Gasteiger partial charge < -0.3 is 5.32 Å². The van der Waals surface area contributed by atoms with Gasteiger partial charge in [0.2, 0.25) is 0 Å². The number of rotatable bonds is 4. The summed E-state index contributed by atoms with van der Waals surface area (Å²) < 4.78 is 40.1. The molecule has 0 aliphatic heterocycles. The molecule has 2 aromatic heterocycles. The summed E-state index contributed by atoms with van der Waals surface area (Å²) in [6.45, 7) is 7.53. The van der Waals surface area contributed by atoms with E-state index in [9.17, 15) is 18.0 Å². The van der Waals surface area contributed by atoms with Crippen LogP contribution in [0.4, 0.5) is 13.2 Å². The molecule has 0 spiro atoms. The van der Waals surface area contributed by atoms with Gasteiger partial charge in [0, 0.05) is 18.1 Å². The first kappa shape index (κ1) is 18.4. The summed E-state index contributed by atoms with van der Waals surface area (Å²) in [7, 11) is 1.35. The lowest BCUT2D eigenvalue weighted by molar-refractivity contribution is -0.141. The topological polar surface area (TPSA) is 59.8 Å². The van der Waals surface area contributed by atoms with Crippen molar-refractivity contribution in [1.82, 2.24) is 20.1 Å². The molecule has 1 atom stereocenters. The number of carbonyl (C=O) groups excluding carboxylic acids is 1. The van der Waals surface area contributed by atoms with Crippen molar-refractivity contribution in [2.75, 3.05) is 0 Å². The number of hydrogen-bond donors (Lipinski definition) is 1. The van der Waals surface area contributed by atoms with Gasteiger partial charge in [-0.2, -0.15) is 18.3 Å². The summed E-state index contributed by atoms with van der Waals surface area (Å²) in [5.74, 6) is -0.829. The van der Waals surface area contributed by atoms with Crippen molar-refractivity contribution in [1.29, 1.82) is 0 Å². The molecule has 0 aromatic carbocycles. The average molecular weight is 360 g/mol. The lowest BCUT2D eigenvalue weighted by Gasteiger charge is -2.20. The van der Waals surface area contributed by atoms with Gasteiger partial charge in [-0.3, -0.25) is 9.48 Å². The monoisotopic (exact) mass is 360 g/mol. The number of nitrogens with one attached hydrogen (secondary N) is 1. The van der Waals surface area contributed by atoms with Gasteiger partial charge in [-0.1, -0.05) is 13.8 Å². The van der Waals surface area contributed by atoms with Crippen LogP contribution in [0.1, 0.15) is 51.5 Å². The SMILES string of the molecule is Cc1nc(C(NC(=O)c2cn(C)nc2C(F)(F)F)C(C)C)sc1C. The van der Waals surface area contributed by atoms with E-state index in [4.69, 9.17) is 0 Å². The van der Waals surface area contributed by atoms with Crippen LogP contribution < -0.4 is 5.32 Å². The Labute approximate surface area is 141 Å². The van der Waals surface area contributed by atoms with Crippen LogP contribution in [0.25, 0.3) is 0 Å². The molecular weight excluding hydrogens is 341 g/mol. The third-order valence-corrected chi connectivity index (χ3v) is 4.76. The van der Waals surface area contributed by atoms with Crippen LogP contribution in [0, 0.1) is 19.8 Å². The Morgan fingerprint density at radius 1 is 1.33 bits per heavy atom. The van der Waals surface area contributed by atoms with E-state index in [0.29, 0.717) is 5.01 Å². The molecule has 0 radical (unpaired) electrons. The highest BCUT2D eigenvalue weighted by Gasteiger charge is 2.39. The van der Waals surface area contributed by atoms with Gasteiger partial charge in [0.15, 0.2) is 5.69 Å². The van der Waals surface area contributed by atoms with Crippen molar-refractivity contribution < 1.29 is 18.0 Å². The van der Waals surface area contributed by atoms with Gasteiger partial charge >= 0.3 is 6.18 Å². The number of aryl methyl sites for hydroxylation is 3. The molecule has 0 aliphatic rings. The van der Waals surface area contributed by atoms with Crippen molar-refractivity contribution in [3.63, 3.8) is 0 Å². The molecule has 5 nitrogen and oxygen atoms in total. The minimum absolute atomic E-state index is 0.0232. The van der Waals surface area contributed by atoms with Gasteiger partial charge in [-0.15, -0.1) is 11.3 Å². The molecular formula is C15H19F3N4OS. The number of hydrogen-bond acceptors (Lipinski definition) is 4. The third kappa shape index (κ3) is 3.77. The quantitative estimate of drug-likeness (QED) is 0.906. The predicted octanol–water partition coefficient (Wildman–Crippen LogP) is 3.64. The van der Waals surface area contributed by atoms with Crippen molar-refractivity contribution in [2.45, 2.75) is 39.9 Å². The van der Waals surface area contributed by atoms with Gasteiger partial charge in [0.1, 0.15) is 5.01 Å². The van der Waals surface area contributed by atoms with Crippen LogP contribution in [0.2, 0.25) is 0 Å². The highest BCUT2D eigenvalue weighted by molar-refractivity contribution is 7.11. The van der Waals surface area contributed by atoms with Gasteiger partial charge in [0.25, 0.3) is 5.91 Å². The van der Waals surface area contributed by atoms with Crippen LogP contribution in [-0.2, 0) is 13.2 Å². The second-order valence-corrected chi connectivity index (χ2v) is 7.19. The van der Waals surface area contributed by atoms with E-state index >= 15 is 0 Å². The second-order valence-electron chi connectivity index (χ2n) is 5.95. The molecule has 1 unspecified atom stereocenters. The van der Waals surface area contributed by atoms with Crippen LogP contribution >= 0.6 is 11.3 Å². The zero-order valence-corrected chi connectivity index (χ0v) is 14.8. The molecule has 0 saturated carbocycles. The molecule has 2 heterocycles. The standard InChI is InChI=1S/C15H19F3N4OS/c1-7(2)11(14-19-8(3)9(4)24-14)20-13(23)10-6-22(5)21-12(10)15(16,17)18/h6-7,11H,1-5H3,(H,20,23). The zero-order chi connectivity index (χ0) is 18.2. The lowest BCUT2D eigenvalue weighted by atomic mass is 10.0. The Hall–Kier alpha value is -1.90. The molecule has 1 amide bonds. The van der Waals surface area contributed by atoms with E-state index in [0.717, 1.165) is 21.4 Å². The molecule has 0 saturated heterocycles. The third-order valence-electron chi connectivity index (χ3n) is 3.61. The Morgan fingerprint density at radius 2 is 1.96 bits per heavy atom. The number of carbonyl (C=O) groups is 1. The minimum atomic E-state index is -4.68. The molecule has 0 bridgehead atoms. The van der Waals surface area contributed by atoms with Crippen LogP contribution in [0.15, 0.2) is 6.20 Å². The number of alkyl halides is 3. The van der Waals surface area contributed by atoms with Gasteiger partial charge in [-0.05, 0) is 19.8 Å². The van der Waals surface area contributed by atoms with Gasteiger partial charge in [0.05, 0.1) is 17.3 Å². The predicted molar refractivity (Wildman–Crippen MR) is 84.8 cm³/mol. The van der Waals surface area contributed by atoms with Crippen molar-refractivity contribution in [2.24, 2.45) is 13.0 Å². The number of amides is 1. The normalized spacial score (nSPS) is 13.4. The molecule has 2 rings (SSSR count). The van der Waals surface area contributed by atoms with Crippen LogP contribution in [0.3, 0.4) is 0 Å². The maximum absolute atomic E-state index is 13.0. The first-order chi connectivity index (χ1) is 11.0. The summed E-state index contributed by atoms with van der Waals surface area (Å²) >= 11 is 1.43. The van der Waals surface area contributed by atoms with E-state index in [1.54, 1.807) is 0 Å². The van der Waals surface area contributed by atoms with E-state index in [1.807, 2.05) is 27.7 Å². The smallest absolute Gasteiger partial charge is 0.342 e. The Kier molecular flexibility index (Phi) is 5.03. The fourth-order valence-corrected chi connectivity index (χ4v) is 3.37. The van der Waals surface area contributed by atoms with Gasteiger partial charge in [-0.25, -0.2) is 4.98 Å². The first-order valence-electron chi connectivity index (χ1n) is 7.36. The molecule has 9 heteroatoms. The maximum atomic E-state index is 13.0. The van der Waals surface area contributed by atoms with E-state index in [-0.39, 0.29) is 5.92 Å².